The summed E-state index contributed by atoms with van der Waals surface area (Å²) in [7, 11) is 0. The number of aromatic nitrogens is 2. The van der Waals surface area contributed by atoms with Crippen molar-refractivity contribution in [2.24, 2.45) is 9.98 Å². The van der Waals surface area contributed by atoms with E-state index in [1.807, 2.05) is 0 Å². The van der Waals surface area contributed by atoms with Gasteiger partial charge in [0.15, 0.2) is 6.23 Å². The summed E-state index contributed by atoms with van der Waals surface area (Å²) in [5, 5.41) is 9.17. The zero-order valence-corrected chi connectivity index (χ0v) is 20.7. The Morgan fingerprint density at radius 2 is 1.59 bits per heavy atom. The van der Waals surface area contributed by atoms with E-state index in [-0.39, 0.29) is 12.2 Å². The summed E-state index contributed by atoms with van der Waals surface area (Å²) in [5.41, 5.74) is -0.673. The standard InChI is InChI=1S/C24H39N5O5/c1-3-5-7-8-13-17-27-22-29(21(33-19-25)15-11-6-4-2)23(31)28(24(32)34-22)18-14-10-9-12-16-26-20-30/h21H,3-18H2,1-2H3/b27-22+. The monoisotopic (exact) mass is 477 g/mol. The highest BCUT2D eigenvalue weighted by Gasteiger charge is 2.20. The summed E-state index contributed by atoms with van der Waals surface area (Å²) < 4.78 is 12.9. The molecule has 0 aliphatic carbocycles. The number of unbranched alkanes of at least 4 members (excludes halogenated alkanes) is 9. The van der Waals surface area contributed by atoms with Crippen LogP contribution in [0, 0.1) is 11.5 Å². The number of aliphatic imine (C=N–C) groups is 1. The zero-order valence-electron chi connectivity index (χ0n) is 20.7. The topological polar surface area (TPSA) is 132 Å². The number of rotatable bonds is 19. The lowest BCUT2D eigenvalue weighted by atomic mass is 10.2. The number of nitriles is 1. The van der Waals surface area contributed by atoms with E-state index in [9.17, 15) is 14.4 Å². The van der Waals surface area contributed by atoms with Crippen molar-refractivity contribution in [3.8, 4) is 6.26 Å². The molecule has 1 unspecified atom stereocenters. The van der Waals surface area contributed by atoms with Gasteiger partial charge in [-0.05, 0) is 25.7 Å². The van der Waals surface area contributed by atoms with Gasteiger partial charge in [-0.2, -0.15) is 5.26 Å². The average molecular weight is 478 g/mol. The first kappa shape index (κ1) is 29.1. The van der Waals surface area contributed by atoms with Crippen LogP contribution in [0.2, 0.25) is 0 Å². The highest BCUT2D eigenvalue weighted by atomic mass is 16.5. The van der Waals surface area contributed by atoms with Gasteiger partial charge in [0, 0.05) is 19.5 Å². The van der Waals surface area contributed by atoms with Crippen LogP contribution in [-0.2, 0) is 16.1 Å². The van der Waals surface area contributed by atoms with Gasteiger partial charge in [0.2, 0.25) is 6.08 Å². The summed E-state index contributed by atoms with van der Waals surface area (Å²) in [4.78, 5) is 43.9. The predicted octanol–water partition coefficient (Wildman–Crippen LogP) is 3.95. The molecule has 0 aliphatic rings. The molecule has 34 heavy (non-hydrogen) atoms. The second-order valence-electron chi connectivity index (χ2n) is 8.30. The van der Waals surface area contributed by atoms with Crippen LogP contribution in [0.3, 0.4) is 0 Å². The van der Waals surface area contributed by atoms with Crippen molar-refractivity contribution >= 4 is 6.08 Å². The minimum Gasteiger partial charge on any atom is -0.401 e. The van der Waals surface area contributed by atoms with E-state index in [0.717, 1.165) is 75.2 Å². The fourth-order valence-corrected chi connectivity index (χ4v) is 3.63. The van der Waals surface area contributed by atoms with Crippen molar-refractivity contribution in [3.63, 3.8) is 0 Å². The lowest BCUT2D eigenvalue weighted by Gasteiger charge is -2.17. The molecule has 0 bridgehead atoms. The Balaban J connectivity index is 3.13. The molecule has 10 nitrogen and oxygen atoms in total. The van der Waals surface area contributed by atoms with Crippen LogP contribution in [0.4, 0.5) is 0 Å². The molecule has 1 aromatic rings. The molecular weight excluding hydrogens is 438 g/mol. The highest BCUT2D eigenvalue weighted by Crippen LogP contribution is 2.14. The number of hydrogen-bond acceptors (Lipinski definition) is 8. The largest absolute Gasteiger partial charge is 0.425 e. The first-order chi connectivity index (χ1) is 16.6. The van der Waals surface area contributed by atoms with Gasteiger partial charge in [0.05, 0.1) is 6.54 Å². The Morgan fingerprint density at radius 3 is 2.26 bits per heavy atom. The molecule has 0 spiro atoms. The Hall–Kier alpha value is -2.92. The van der Waals surface area contributed by atoms with Crippen LogP contribution >= 0.6 is 0 Å². The van der Waals surface area contributed by atoms with Gasteiger partial charge in [-0.1, -0.05) is 65.2 Å². The van der Waals surface area contributed by atoms with E-state index in [1.54, 1.807) is 6.26 Å². The first-order valence-electron chi connectivity index (χ1n) is 12.6. The lowest BCUT2D eigenvalue weighted by molar-refractivity contribution is 0.0587. The van der Waals surface area contributed by atoms with Crippen molar-refractivity contribution in [1.82, 2.24) is 9.13 Å². The van der Waals surface area contributed by atoms with Crippen LogP contribution in [0.25, 0.3) is 0 Å². The Kier molecular flexibility index (Phi) is 15.8. The molecule has 0 aromatic carbocycles. The summed E-state index contributed by atoms with van der Waals surface area (Å²) in [6.45, 7) is 5.24. The normalized spacial score (nSPS) is 12.2. The van der Waals surface area contributed by atoms with E-state index in [4.69, 9.17) is 14.4 Å². The maximum Gasteiger partial charge on any atom is 0.425 e. The van der Waals surface area contributed by atoms with Crippen molar-refractivity contribution < 1.29 is 13.9 Å². The van der Waals surface area contributed by atoms with E-state index in [0.29, 0.717) is 25.9 Å². The summed E-state index contributed by atoms with van der Waals surface area (Å²) in [6.07, 6.45) is 13.5. The van der Waals surface area contributed by atoms with Crippen molar-refractivity contribution in [3.05, 3.63) is 26.7 Å². The van der Waals surface area contributed by atoms with Gasteiger partial charge in [0.1, 0.15) is 0 Å². The molecule has 0 saturated carbocycles. The predicted molar refractivity (Wildman–Crippen MR) is 128 cm³/mol. The Labute approximate surface area is 201 Å². The SMILES string of the molecule is CCCCCCC/N=c1/oc(=O)n(CCCCCCN=C=O)c(=O)n1C(CCCCC)OC#N. The average Bonchev–Trinajstić information content (AvgIpc) is 2.82. The molecular formula is C24H39N5O5. The molecule has 1 aromatic heterocycles. The van der Waals surface area contributed by atoms with Gasteiger partial charge in [-0.25, -0.2) is 33.5 Å². The van der Waals surface area contributed by atoms with Gasteiger partial charge in [0.25, 0.3) is 6.26 Å². The van der Waals surface area contributed by atoms with Crippen LogP contribution in [0.1, 0.15) is 104 Å². The molecule has 0 amide bonds. The van der Waals surface area contributed by atoms with E-state index in [1.165, 1.54) is 10.6 Å². The third kappa shape index (κ3) is 10.8. The summed E-state index contributed by atoms with van der Waals surface area (Å²) >= 11 is 0. The van der Waals surface area contributed by atoms with Crippen LogP contribution in [-0.4, -0.2) is 28.3 Å². The van der Waals surface area contributed by atoms with E-state index >= 15 is 0 Å². The molecule has 0 fully saturated rings. The fraction of sp³-hybridized carbons (Fsp3) is 0.792. The third-order valence-electron chi connectivity index (χ3n) is 5.55. The van der Waals surface area contributed by atoms with Crippen molar-refractivity contribution in [2.75, 3.05) is 13.1 Å². The highest BCUT2D eigenvalue weighted by molar-refractivity contribution is 5.32. The number of hydrogen-bond donors (Lipinski definition) is 0. The smallest absolute Gasteiger partial charge is 0.401 e. The van der Waals surface area contributed by atoms with Crippen molar-refractivity contribution in [2.45, 2.75) is 110 Å². The molecule has 10 heteroatoms. The van der Waals surface area contributed by atoms with E-state index < -0.39 is 17.7 Å². The number of carbonyl (C=O) groups excluding carboxylic acids is 1. The molecule has 0 N–H and O–H groups in total. The van der Waals surface area contributed by atoms with Gasteiger partial charge >= 0.3 is 17.1 Å². The Bertz CT molecular complexity index is 966. The fourth-order valence-electron chi connectivity index (χ4n) is 3.63. The zero-order chi connectivity index (χ0) is 25.0. The minimum atomic E-state index is -0.875. The maximum absolute atomic E-state index is 13.3. The third-order valence-corrected chi connectivity index (χ3v) is 5.55. The number of isocyanates is 1. The quantitative estimate of drug-likeness (QED) is 0.128. The number of nitrogens with zero attached hydrogens (tertiary/aromatic N) is 5. The molecule has 1 heterocycles. The van der Waals surface area contributed by atoms with Crippen molar-refractivity contribution in [1.29, 1.82) is 5.26 Å². The molecule has 0 aliphatic heterocycles. The van der Waals surface area contributed by atoms with Gasteiger partial charge in [-0.3, -0.25) is 0 Å². The molecule has 190 valence electrons. The minimum absolute atomic E-state index is 0.0924. The van der Waals surface area contributed by atoms with E-state index in [2.05, 4.69) is 23.8 Å². The lowest BCUT2D eigenvalue weighted by Crippen LogP contribution is -2.49. The molecule has 0 radical (unpaired) electrons. The van der Waals surface area contributed by atoms with Crippen LogP contribution in [0.5, 0.6) is 0 Å². The van der Waals surface area contributed by atoms with Crippen LogP contribution in [0.15, 0.2) is 24.0 Å². The van der Waals surface area contributed by atoms with Gasteiger partial charge in [-0.15, -0.1) is 0 Å². The second kappa shape index (κ2) is 18.5. The molecule has 1 atom stereocenters. The number of ether oxygens (including phenoxy) is 1. The second-order valence-corrected chi connectivity index (χ2v) is 8.30. The maximum atomic E-state index is 13.3. The summed E-state index contributed by atoms with van der Waals surface area (Å²) in [6, 6.07) is 0. The Morgan fingerprint density at radius 1 is 0.941 bits per heavy atom. The molecule has 1 rings (SSSR count). The summed E-state index contributed by atoms with van der Waals surface area (Å²) in [5.74, 6) is -0.763. The van der Waals surface area contributed by atoms with Gasteiger partial charge < -0.3 is 9.15 Å². The first-order valence-corrected chi connectivity index (χ1v) is 12.6. The van der Waals surface area contributed by atoms with Crippen LogP contribution < -0.4 is 17.1 Å². The molecule has 0 saturated heterocycles.